The zero-order chi connectivity index (χ0) is 19.8. The molecule has 2 aromatic carbocycles. The molecule has 10 heteroatoms. The molecule has 1 aliphatic heterocycles. The maximum atomic E-state index is 12.0. The third kappa shape index (κ3) is 3.81. The number of amidine groups is 1. The molecule has 0 radical (unpaired) electrons. The second-order valence-corrected chi connectivity index (χ2v) is 7.87. The van der Waals surface area contributed by atoms with Crippen molar-refractivity contribution >= 4 is 39.1 Å². The monoisotopic (exact) mass is 409 g/mol. The summed E-state index contributed by atoms with van der Waals surface area (Å²) in [5.74, 6) is -0.635. The number of nitrogens with zero attached hydrogens (tertiary/aromatic N) is 2. The van der Waals surface area contributed by atoms with Crippen LogP contribution in [0.1, 0.15) is 5.56 Å². The number of carbonyl (C=O) groups is 1. The van der Waals surface area contributed by atoms with Crippen molar-refractivity contribution in [3.63, 3.8) is 0 Å². The number of nitrogens with two attached hydrogens (primary N) is 1. The molecule has 3 rings (SSSR count). The van der Waals surface area contributed by atoms with E-state index in [4.69, 9.17) is 16.7 Å². The second-order valence-electron chi connectivity index (χ2n) is 5.88. The van der Waals surface area contributed by atoms with Gasteiger partial charge in [0.15, 0.2) is 0 Å². The normalized spacial score (nSPS) is 19.7. The minimum absolute atomic E-state index is 0.0638. The highest BCUT2D eigenvalue weighted by Crippen LogP contribution is 2.30. The van der Waals surface area contributed by atoms with E-state index in [0.717, 1.165) is 7.11 Å². The number of anilines is 1. The molecule has 0 bridgehead atoms. The number of hydrogen-bond donors (Lipinski definition) is 2. The van der Waals surface area contributed by atoms with E-state index in [1.807, 2.05) is 0 Å². The number of methoxy groups -OCH3 is 1. The standard InChI is InChI=1S/C17H16ClN3O5S/c1-26-16(22)17(23)10-21(13-6-4-12(18)5-7-13)15(20-17)11-2-8-14(9-3-11)27(19,24)25/h2-9,23H,10H2,1H3,(H2,19,24,25). The number of ether oxygens (including phenoxy) is 1. The van der Waals surface area contributed by atoms with Crippen LogP contribution in [0.5, 0.6) is 0 Å². The molecular formula is C17H16ClN3O5S. The summed E-state index contributed by atoms with van der Waals surface area (Å²) in [6.45, 7) is -0.173. The third-order valence-electron chi connectivity index (χ3n) is 4.02. The van der Waals surface area contributed by atoms with Gasteiger partial charge in [0, 0.05) is 16.3 Å². The highest BCUT2D eigenvalue weighted by atomic mass is 35.5. The quantitative estimate of drug-likeness (QED) is 0.729. The van der Waals surface area contributed by atoms with Crippen LogP contribution in [0.3, 0.4) is 0 Å². The summed E-state index contributed by atoms with van der Waals surface area (Å²) in [6.07, 6.45) is 0. The van der Waals surface area contributed by atoms with Crippen molar-refractivity contribution in [3.8, 4) is 0 Å². The molecule has 1 unspecified atom stereocenters. The van der Waals surface area contributed by atoms with E-state index in [2.05, 4.69) is 9.73 Å². The predicted molar refractivity (Wildman–Crippen MR) is 100 cm³/mol. The molecule has 1 atom stereocenters. The van der Waals surface area contributed by atoms with Crippen molar-refractivity contribution in [2.45, 2.75) is 10.6 Å². The Kier molecular flexibility index (Phi) is 4.96. The number of aliphatic imine (C=N–C) groups is 1. The van der Waals surface area contributed by atoms with Gasteiger partial charge in [-0.2, -0.15) is 0 Å². The highest BCUT2D eigenvalue weighted by molar-refractivity contribution is 7.89. The first-order chi connectivity index (χ1) is 12.6. The Morgan fingerprint density at radius 2 is 1.81 bits per heavy atom. The van der Waals surface area contributed by atoms with Gasteiger partial charge in [-0.05, 0) is 48.5 Å². The zero-order valence-corrected chi connectivity index (χ0v) is 15.7. The number of β-amino-alcohol motifs (C(OH)–C–C–N with tert-alkyl or cyclic N) is 1. The van der Waals surface area contributed by atoms with E-state index < -0.39 is 21.7 Å². The smallest absolute Gasteiger partial charge is 0.363 e. The number of benzene rings is 2. The first kappa shape index (κ1) is 19.3. The number of primary sulfonamides is 1. The fourth-order valence-electron chi connectivity index (χ4n) is 2.69. The van der Waals surface area contributed by atoms with Crippen molar-refractivity contribution in [3.05, 3.63) is 59.1 Å². The summed E-state index contributed by atoms with van der Waals surface area (Å²) in [7, 11) is -2.69. The van der Waals surface area contributed by atoms with Crippen molar-refractivity contribution in [1.29, 1.82) is 0 Å². The van der Waals surface area contributed by atoms with Crippen LogP contribution < -0.4 is 10.0 Å². The number of aliphatic hydroxyl groups is 1. The Balaban J connectivity index is 2.07. The van der Waals surface area contributed by atoms with Crippen LogP contribution in [0.25, 0.3) is 0 Å². The molecule has 8 nitrogen and oxygen atoms in total. The molecule has 142 valence electrons. The SMILES string of the molecule is COC(=O)C1(O)CN(c2ccc(Cl)cc2)C(c2ccc(S(N)(=O)=O)cc2)=N1. The molecule has 3 N–H and O–H groups in total. The van der Waals surface area contributed by atoms with Gasteiger partial charge in [0.2, 0.25) is 10.0 Å². The topological polar surface area (TPSA) is 122 Å². The van der Waals surface area contributed by atoms with E-state index in [-0.39, 0.29) is 17.3 Å². The van der Waals surface area contributed by atoms with E-state index in [1.165, 1.54) is 24.3 Å². The molecule has 2 aromatic rings. The molecule has 0 fully saturated rings. The maximum absolute atomic E-state index is 12.0. The summed E-state index contributed by atoms with van der Waals surface area (Å²) < 4.78 is 27.5. The Labute approximate surface area is 160 Å². The van der Waals surface area contributed by atoms with Gasteiger partial charge in [0.1, 0.15) is 5.84 Å². The van der Waals surface area contributed by atoms with Crippen LogP contribution in [-0.4, -0.2) is 44.7 Å². The summed E-state index contributed by atoms with van der Waals surface area (Å²) in [5, 5.41) is 16.3. The van der Waals surface area contributed by atoms with Crippen molar-refractivity contribution < 1.29 is 23.1 Å². The Hall–Kier alpha value is -2.46. The van der Waals surface area contributed by atoms with E-state index in [1.54, 1.807) is 29.2 Å². The van der Waals surface area contributed by atoms with Gasteiger partial charge in [0.25, 0.3) is 5.72 Å². The number of hydrogen-bond acceptors (Lipinski definition) is 7. The fraction of sp³-hybridized carbons (Fsp3) is 0.176. The van der Waals surface area contributed by atoms with Crippen LogP contribution in [0.15, 0.2) is 58.4 Å². The largest absolute Gasteiger partial charge is 0.465 e. The second kappa shape index (κ2) is 6.93. The average Bonchev–Trinajstić information content (AvgIpc) is 3.00. The van der Waals surface area contributed by atoms with Crippen molar-refractivity contribution in [2.75, 3.05) is 18.6 Å². The average molecular weight is 410 g/mol. The number of sulfonamides is 1. The van der Waals surface area contributed by atoms with E-state index in [0.29, 0.717) is 16.3 Å². The van der Waals surface area contributed by atoms with Crippen LogP contribution in [0.4, 0.5) is 5.69 Å². The van der Waals surface area contributed by atoms with Crippen LogP contribution in [-0.2, 0) is 19.6 Å². The van der Waals surface area contributed by atoms with Gasteiger partial charge in [0.05, 0.1) is 18.6 Å². The predicted octanol–water partition coefficient (Wildman–Crippen LogP) is 1.12. The minimum atomic E-state index is -3.85. The third-order valence-corrected chi connectivity index (χ3v) is 5.20. The summed E-state index contributed by atoms with van der Waals surface area (Å²) >= 11 is 5.92. The molecule has 0 saturated carbocycles. The lowest BCUT2D eigenvalue weighted by Crippen LogP contribution is -2.43. The van der Waals surface area contributed by atoms with Gasteiger partial charge in [-0.25, -0.2) is 23.3 Å². The summed E-state index contributed by atoms with van der Waals surface area (Å²) in [6, 6.07) is 12.4. The molecule has 0 saturated heterocycles. The van der Waals surface area contributed by atoms with Crippen LogP contribution in [0, 0.1) is 0 Å². The highest BCUT2D eigenvalue weighted by Gasteiger charge is 2.46. The zero-order valence-electron chi connectivity index (χ0n) is 14.2. The lowest BCUT2D eigenvalue weighted by Gasteiger charge is -2.23. The molecule has 0 spiro atoms. The van der Waals surface area contributed by atoms with Crippen molar-refractivity contribution in [2.24, 2.45) is 10.1 Å². The summed E-state index contributed by atoms with van der Waals surface area (Å²) in [4.78, 5) is 17.7. The minimum Gasteiger partial charge on any atom is -0.465 e. The molecular weight excluding hydrogens is 394 g/mol. The number of halogens is 1. The Morgan fingerprint density at radius 3 is 2.33 bits per heavy atom. The van der Waals surface area contributed by atoms with E-state index in [9.17, 15) is 18.3 Å². The number of carbonyl (C=O) groups excluding carboxylic acids is 1. The molecule has 0 aliphatic carbocycles. The van der Waals surface area contributed by atoms with Gasteiger partial charge >= 0.3 is 5.97 Å². The first-order valence-corrected chi connectivity index (χ1v) is 9.63. The lowest BCUT2D eigenvalue weighted by atomic mass is 10.1. The van der Waals surface area contributed by atoms with Crippen LogP contribution in [0.2, 0.25) is 5.02 Å². The number of esters is 1. The fourth-order valence-corrected chi connectivity index (χ4v) is 3.33. The van der Waals surface area contributed by atoms with Gasteiger partial charge in [-0.3, -0.25) is 0 Å². The number of rotatable bonds is 4. The molecule has 1 aliphatic rings. The lowest BCUT2D eigenvalue weighted by molar-refractivity contribution is -0.159. The molecule has 0 amide bonds. The maximum Gasteiger partial charge on any atom is 0.363 e. The van der Waals surface area contributed by atoms with Gasteiger partial charge < -0.3 is 14.7 Å². The first-order valence-electron chi connectivity index (χ1n) is 7.71. The molecule has 0 aromatic heterocycles. The van der Waals surface area contributed by atoms with Crippen molar-refractivity contribution in [1.82, 2.24) is 0 Å². The van der Waals surface area contributed by atoms with Gasteiger partial charge in [-0.15, -0.1) is 0 Å². The molecule has 27 heavy (non-hydrogen) atoms. The molecule has 1 heterocycles. The van der Waals surface area contributed by atoms with Gasteiger partial charge in [-0.1, -0.05) is 11.6 Å². The summed E-state index contributed by atoms with van der Waals surface area (Å²) in [5.41, 5.74) is -0.979. The Morgan fingerprint density at radius 1 is 1.22 bits per heavy atom. The Bertz CT molecular complexity index is 1010. The van der Waals surface area contributed by atoms with E-state index >= 15 is 0 Å². The van der Waals surface area contributed by atoms with Crippen LogP contribution >= 0.6 is 11.6 Å².